The van der Waals surface area contributed by atoms with Gasteiger partial charge in [0.2, 0.25) is 11.8 Å². The zero-order chi connectivity index (χ0) is 39.6. The average Bonchev–Trinajstić information content (AvgIpc) is 3.47. The van der Waals surface area contributed by atoms with E-state index in [1.165, 1.54) is 0 Å². The third-order valence-electron chi connectivity index (χ3n) is 11.9. The van der Waals surface area contributed by atoms with Gasteiger partial charge in [-0.25, -0.2) is 9.97 Å². The number of hydrogen-bond donors (Lipinski definition) is 2. The highest BCUT2D eigenvalue weighted by atomic mass is 35.5. The number of carbonyl (C=O) groups excluding carboxylic acids is 5. The summed E-state index contributed by atoms with van der Waals surface area (Å²) in [7, 11) is 0. The highest BCUT2D eigenvalue weighted by molar-refractivity contribution is 6.31. The van der Waals surface area contributed by atoms with Crippen LogP contribution < -0.4 is 25.2 Å². The molecule has 8 rings (SSSR count). The molecular weight excluding hydrogens is 750 g/mol. The Bertz CT molecular complexity index is 2100. The molecule has 2 aromatic carbocycles. The van der Waals surface area contributed by atoms with Gasteiger partial charge in [-0.15, -0.1) is 0 Å². The molecule has 1 aromatic heterocycles. The number of nitriles is 1. The van der Waals surface area contributed by atoms with Crippen LogP contribution in [0.1, 0.15) is 88.1 Å². The SMILES string of the molecule is N#Cc1ccc(O[C@H]2CC[C@H](NC(=O)c3cnc(N4CCC(CN5CCN(c6ccc7c(c6)C(=O)N(C6CCC(=O)NC6=O)C7=O)CC5)CC4)cn3)CC2)cc1Cl. The first-order valence-electron chi connectivity index (χ1n) is 19.7. The van der Waals surface area contributed by atoms with E-state index in [0.29, 0.717) is 33.5 Å². The monoisotopic (exact) mass is 793 g/mol. The first kappa shape index (κ1) is 38.3. The summed E-state index contributed by atoms with van der Waals surface area (Å²) in [5, 5.41) is 14.8. The number of fused-ring (bicyclic) bond motifs is 1. The summed E-state index contributed by atoms with van der Waals surface area (Å²) in [6.45, 7) is 6.07. The Morgan fingerprint density at radius 2 is 1.61 bits per heavy atom. The molecule has 0 spiro atoms. The first-order chi connectivity index (χ1) is 27.6. The van der Waals surface area contributed by atoms with Crippen molar-refractivity contribution in [3.05, 3.63) is 76.2 Å². The molecule has 0 bridgehead atoms. The van der Waals surface area contributed by atoms with Crippen LogP contribution in [0, 0.1) is 17.2 Å². The van der Waals surface area contributed by atoms with Crippen molar-refractivity contribution in [2.75, 3.05) is 55.6 Å². The van der Waals surface area contributed by atoms with Gasteiger partial charge in [0, 0.05) is 70.0 Å². The minimum atomic E-state index is -0.977. The second-order valence-electron chi connectivity index (χ2n) is 15.5. The van der Waals surface area contributed by atoms with E-state index in [-0.39, 0.29) is 36.5 Å². The number of piperidine rings is 2. The molecule has 3 aromatic rings. The van der Waals surface area contributed by atoms with Crippen molar-refractivity contribution < 1.29 is 28.7 Å². The maximum Gasteiger partial charge on any atom is 0.271 e. The van der Waals surface area contributed by atoms with Crippen LogP contribution in [0.2, 0.25) is 5.02 Å². The molecule has 5 amide bonds. The summed E-state index contributed by atoms with van der Waals surface area (Å²) in [4.78, 5) is 80.4. The zero-order valence-electron chi connectivity index (χ0n) is 31.5. The number of anilines is 2. The maximum atomic E-state index is 13.3. The first-order valence-corrected chi connectivity index (χ1v) is 20.1. The number of aromatic nitrogens is 2. The van der Waals surface area contributed by atoms with Gasteiger partial charge in [-0.3, -0.25) is 39.1 Å². The van der Waals surface area contributed by atoms with Crippen molar-refractivity contribution in [1.82, 2.24) is 30.4 Å². The predicted molar refractivity (Wildman–Crippen MR) is 209 cm³/mol. The molecule has 3 saturated heterocycles. The predicted octanol–water partition coefficient (Wildman–Crippen LogP) is 3.56. The smallest absolute Gasteiger partial charge is 0.271 e. The maximum absolute atomic E-state index is 13.3. The standard InChI is InChI=1S/C41H44ClN9O6/c42-33-20-30(5-1-26(33)21-43)57-29-6-2-27(3-7-29)46-38(53)34-22-45-36(23-44-34)50-13-11-25(12-14-50)24-48-15-17-49(18-16-48)28-4-8-31-32(19-28)41(56)51(40(31)55)35-9-10-37(52)47-39(35)54/h1,4-5,8,19-20,22-23,25,27,29,35H,2-3,6-7,9-18,24H2,(H,46,53)(H,47,52,54)/t27-,29-,35?. The van der Waals surface area contributed by atoms with Gasteiger partial charge in [-0.2, -0.15) is 5.26 Å². The lowest BCUT2D eigenvalue weighted by atomic mass is 9.93. The Morgan fingerprint density at radius 3 is 2.30 bits per heavy atom. The van der Waals surface area contributed by atoms with Gasteiger partial charge in [-0.1, -0.05) is 11.6 Å². The van der Waals surface area contributed by atoms with Crippen LogP contribution in [-0.2, 0) is 9.59 Å². The van der Waals surface area contributed by atoms with E-state index in [4.69, 9.17) is 21.6 Å². The Kier molecular flexibility index (Phi) is 11.1. The number of nitrogens with zero attached hydrogens (tertiary/aromatic N) is 7. The molecule has 5 aliphatic rings. The molecule has 1 saturated carbocycles. The molecule has 16 heteroatoms. The highest BCUT2D eigenvalue weighted by Gasteiger charge is 2.45. The van der Waals surface area contributed by atoms with Crippen molar-refractivity contribution in [2.24, 2.45) is 5.92 Å². The lowest BCUT2D eigenvalue weighted by Crippen LogP contribution is -2.54. The number of ether oxygens (including phenoxy) is 1. The minimum Gasteiger partial charge on any atom is -0.490 e. The zero-order valence-corrected chi connectivity index (χ0v) is 32.2. The van der Waals surface area contributed by atoms with Gasteiger partial charge in [0.05, 0.1) is 40.2 Å². The van der Waals surface area contributed by atoms with Gasteiger partial charge < -0.3 is 19.9 Å². The number of benzene rings is 2. The number of nitrogens with one attached hydrogen (secondary N) is 2. The van der Waals surface area contributed by atoms with Gasteiger partial charge >= 0.3 is 0 Å². The van der Waals surface area contributed by atoms with Crippen molar-refractivity contribution in [1.29, 1.82) is 5.26 Å². The van der Waals surface area contributed by atoms with Crippen LogP contribution in [0.15, 0.2) is 48.8 Å². The second kappa shape index (κ2) is 16.5. The molecule has 296 valence electrons. The Labute approximate surface area is 335 Å². The topological polar surface area (TPSA) is 181 Å². The van der Waals surface area contributed by atoms with Gasteiger partial charge in [0.25, 0.3) is 17.7 Å². The van der Waals surface area contributed by atoms with Gasteiger partial charge in [-0.05, 0) is 81.2 Å². The van der Waals surface area contributed by atoms with Crippen LogP contribution in [0.5, 0.6) is 5.75 Å². The summed E-state index contributed by atoms with van der Waals surface area (Å²) in [5.41, 5.74) is 2.17. The molecule has 1 aliphatic carbocycles. The Balaban J connectivity index is 0.753. The summed E-state index contributed by atoms with van der Waals surface area (Å²) < 4.78 is 6.08. The third-order valence-corrected chi connectivity index (χ3v) is 12.2. The highest BCUT2D eigenvalue weighted by Crippen LogP contribution is 2.32. The molecule has 15 nitrogen and oxygen atoms in total. The molecule has 4 fully saturated rings. The summed E-state index contributed by atoms with van der Waals surface area (Å²) in [5.74, 6) is -0.262. The van der Waals surface area contributed by atoms with Gasteiger partial charge in [0.15, 0.2) is 0 Å². The molecule has 4 aliphatic heterocycles. The van der Waals surface area contributed by atoms with Crippen LogP contribution in [0.3, 0.4) is 0 Å². The summed E-state index contributed by atoms with van der Waals surface area (Å²) >= 11 is 6.14. The van der Waals surface area contributed by atoms with Crippen molar-refractivity contribution in [2.45, 2.75) is 69.6 Å². The van der Waals surface area contributed by atoms with Crippen LogP contribution >= 0.6 is 11.6 Å². The molecule has 2 N–H and O–H groups in total. The molecule has 57 heavy (non-hydrogen) atoms. The molecular formula is C41H44ClN9O6. The third kappa shape index (κ3) is 8.29. The molecule has 1 unspecified atom stereocenters. The number of rotatable bonds is 9. The van der Waals surface area contributed by atoms with Crippen molar-refractivity contribution >= 4 is 52.6 Å². The number of piperazine rings is 1. The fourth-order valence-electron chi connectivity index (χ4n) is 8.59. The lowest BCUT2D eigenvalue weighted by Gasteiger charge is -2.39. The number of amides is 5. The van der Waals surface area contributed by atoms with E-state index in [0.717, 1.165) is 101 Å². The minimum absolute atomic E-state index is 0.0183. The number of halogens is 1. The van der Waals surface area contributed by atoms with E-state index in [1.54, 1.807) is 42.7 Å². The largest absolute Gasteiger partial charge is 0.490 e. The molecule has 5 heterocycles. The normalized spacial score (nSPS) is 23.2. The lowest BCUT2D eigenvalue weighted by molar-refractivity contribution is -0.136. The van der Waals surface area contributed by atoms with E-state index in [2.05, 4.69) is 41.4 Å². The summed E-state index contributed by atoms with van der Waals surface area (Å²) in [6, 6.07) is 11.5. The molecule has 1 atom stereocenters. The average molecular weight is 794 g/mol. The van der Waals surface area contributed by atoms with Crippen molar-refractivity contribution in [3.63, 3.8) is 0 Å². The second-order valence-corrected chi connectivity index (χ2v) is 15.9. The van der Waals surface area contributed by atoms with E-state index in [1.807, 2.05) is 6.07 Å². The van der Waals surface area contributed by atoms with E-state index >= 15 is 0 Å². The van der Waals surface area contributed by atoms with Crippen LogP contribution in [0.4, 0.5) is 11.5 Å². The van der Waals surface area contributed by atoms with Crippen molar-refractivity contribution in [3.8, 4) is 11.8 Å². The molecule has 0 radical (unpaired) electrons. The summed E-state index contributed by atoms with van der Waals surface area (Å²) in [6.07, 6.45) is 8.69. The Hall–Kier alpha value is -5.59. The van der Waals surface area contributed by atoms with E-state index in [9.17, 15) is 24.0 Å². The number of imide groups is 2. The van der Waals surface area contributed by atoms with Crippen LogP contribution in [-0.4, -0.2) is 113 Å². The fraction of sp³-hybridized carbons (Fsp3) is 0.463. The Morgan fingerprint density at radius 1 is 0.860 bits per heavy atom. The number of carbonyl (C=O) groups is 5. The quantitative estimate of drug-likeness (QED) is 0.301. The fourth-order valence-corrected chi connectivity index (χ4v) is 8.81. The number of hydrogen-bond acceptors (Lipinski definition) is 12. The van der Waals surface area contributed by atoms with Gasteiger partial charge in [0.1, 0.15) is 29.4 Å². The van der Waals surface area contributed by atoms with E-state index < -0.39 is 29.7 Å². The van der Waals surface area contributed by atoms with Crippen LogP contribution in [0.25, 0.3) is 0 Å².